The molecular formula is C13H15FO3. The number of fused-ring (bicyclic) bond motifs is 1. The van der Waals surface area contributed by atoms with E-state index in [1.807, 2.05) is 12.1 Å². The molecule has 0 radical (unpaired) electrons. The van der Waals surface area contributed by atoms with Gasteiger partial charge in [-0.15, -0.1) is 0 Å². The number of alkyl halides is 1. The Bertz CT molecular complexity index is 432. The summed E-state index contributed by atoms with van der Waals surface area (Å²) in [5.41, 5.74) is -0.342. The first-order chi connectivity index (χ1) is 8.09. The Morgan fingerprint density at radius 1 is 1.59 bits per heavy atom. The van der Waals surface area contributed by atoms with E-state index >= 15 is 0 Å². The maximum absolute atomic E-state index is 14.0. The number of esters is 1. The van der Waals surface area contributed by atoms with Crippen molar-refractivity contribution in [2.45, 2.75) is 31.5 Å². The van der Waals surface area contributed by atoms with E-state index in [4.69, 9.17) is 0 Å². The zero-order valence-corrected chi connectivity index (χ0v) is 9.65. The molecule has 0 saturated heterocycles. The summed E-state index contributed by atoms with van der Waals surface area (Å²) in [6, 6.07) is 7.06. The van der Waals surface area contributed by atoms with Gasteiger partial charge in [0.2, 0.25) is 6.17 Å². The summed E-state index contributed by atoms with van der Waals surface area (Å²) in [5.74, 6) is -0.994. The van der Waals surface area contributed by atoms with Gasteiger partial charge in [0, 0.05) is 0 Å². The summed E-state index contributed by atoms with van der Waals surface area (Å²) in [7, 11) is 0. The molecular weight excluding hydrogens is 223 g/mol. The van der Waals surface area contributed by atoms with E-state index in [-0.39, 0.29) is 13.0 Å². The molecule has 1 unspecified atom stereocenters. The van der Waals surface area contributed by atoms with Crippen LogP contribution in [-0.4, -0.2) is 23.9 Å². The van der Waals surface area contributed by atoms with Crippen molar-refractivity contribution in [2.24, 2.45) is 0 Å². The van der Waals surface area contributed by atoms with Gasteiger partial charge < -0.3 is 9.84 Å². The van der Waals surface area contributed by atoms with Crippen LogP contribution in [0.3, 0.4) is 0 Å². The number of aliphatic hydroxyl groups is 1. The van der Waals surface area contributed by atoms with E-state index in [1.54, 1.807) is 19.1 Å². The molecule has 1 N–H and O–H groups in total. The van der Waals surface area contributed by atoms with E-state index in [0.717, 1.165) is 5.56 Å². The molecule has 0 aliphatic heterocycles. The molecule has 1 aromatic rings. The summed E-state index contributed by atoms with van der Waals surface area (Å²) in [4.78, 5) is 11.4. The third-order valence-electron chi connectivity index (χ3n) is 3.17. The van der Waals surface area contributed by atoms with Crippen molar-refractivity contribution in [3.8, 4) is 0 Å². The molecule has 0 spiro atoms. The summed E-state index contributed by atoms with van der Waals surface area (Å²) in [6.07, 6.45) is -1.23. The van der Waals surface area contributed by atoms with Crippen LogP contribution in [0.25, 0.3) is 0 Å². The third kappa shape index (κ3) is 1.93. The van der Waals surface area contributed by atoms with Crippen molar-refractivity contribution in [3.63, 3.8) is 0 Å². The van der Waals surface area contributed by atoms with E-state index in [0.29, 0.717) is 12.0 Å². The number of benzene rings is 1. The minimum absolute atomic E-state index is 0.108. The number of hydrogen-bond acceptors (Lipinski definition) is 3. The average molecular weight is 238 g/mol. The van der Waals surface area contributed by atoms with Crippen molar-refractivity contribution in [2.75, 3.05) is 6.61 Å². The fraction of sp³-hybridized carbons (Fsp3) is 0.462. The van der Waals surface area contributed by atoms with Crippen LogP contribution >= 0.6 is 0 Å². The Labute approximate surface area is 99.2 Å². The fourth-order valence-corrected chi connectivity index (χ4v) is 2.29. The summed E-state index contributed by atoms with van der Waals surface area (Å²) in [5, 5.41) is 10.3. The molecule has 2 rings (SSSR count). The number of rotatable bonds is 3. The molecule has 92 valence electrons. The van der Waals surface area contributed by atoms with Crippen molar-refractivity contribution < 1.29 is 19.0 Å². The van der Waals surface area contributed by atoms with E-state index < -0.39 is 17.7 Å². The lowest BCUT2D eigenvalue weighted by Gasteiger charge is -2.26. The second-order valence-electron chi connectivity index (χ2n) is 4.20. The first-order valence-electron chi connectivity index (χ1n) is 5.71. The highest BCUT2D eigenvalue weighted by atomic mass is 19.1. The fourth-order valence-electron chi connectivity index (χ4n) is 2.29. The highest BCUT2D eigenvalue weighted by molar-refractivity contribution is 5.77. The number of carbonyl (C=O) groups excluding carboxylic acids is 1. The SMILES string of the molecule is CCOC(=O)C(F)[C@]1(O)CCc2ccccc21. The molecule has 0 fully saturated rings. The summed E-state index contributed by atoms with van der Waals surface area (Å²) < 4.78 is 18.6. The van der Waals surface area contributed by atoms with Crippen LogP contribution in [0.5, 0.6) is 0 Å². The average Bonchev–Trinajstić information content (AvgIpc) is 2.68. The molecule has 1 aliphatic carbocycles. The second kappa shape index (κ2) is 4.45. The highest BCUT2D eigenvalue weighted by Crippen LogP contribution is 2.40. The molecule has 0 heterocycles. The van der Waals surface area contributed by atoms with Gasteiger partial charge in [0.1, 0.15) is 5.60 Å². The van der Waals surface area contributed by atoms with Crippen molar-refractivity contribution in [1.82, 2.24) is 0 Å². The Hall–Kier alpha value is -1.42. The van der Waals surface area contributed by atoms with Gasteiger partial charge in [-0.3, -0.25) is 0 Å². The van der Waals surface area contributed by atoms with Gasteiger partial charge >= 0.3 is 5.97 Å². The second-order valence-corrected chi connectivity index (χ2v) is 4.20. The largest absolute Gasteiger partial charge is 0.464 e. The van der Waals surface area contributed by atoms with Crippen LogP contribution in [0.15, 0.2) is 24.3 Å². The maximum atomic E-state index is 14.0. The molecule has 0 amide bonds. The number of carbonyl (C=O) groups is 1. The molecule has 17 heavy (non-hydrogen) atoms. The maximum Gasteiger partial charge on any atom is 0.344 e. The molecule has 0 aromatic heterocycles. The summed E-state index contributed by atoms with van der Waals surface area (Å²) >= 11 is 0. The third-order valence-corrected chi connectivity index (χ3v) is 3.17. The molecule has 1 aliphatic rings. The monoisotopic (exact) mass is 238 g/mol. The van der Waals surface area contributed by atoms with Crippen LogP contribution in [0, 0.1) is 0 Å². The normalized spacial score (nSPS) is 24.2. The van der Waals surface area contributed by atoms with Crippen LogP contribution in [0.2, 0.25) is 0 Å². The van der Waals surface area contributed by atoms with Crippen molar-refractivity contribution in [1.29, 1.82) is 0 Å². The van der Waals surface area contributed by atoms with Crippen LogP contribution < -0.4 is 0 Å². The smallest absolute Gasteiger partial charge is 0.344 e. The number of halogens is 1. The van der Waals surface area contributed by atoms with Gasteiger partial charge in [0.15, 0.2) is 0 Å². The zero-order chi connectivity index (χ0) is 12.5. The number of hydrogen-bond donors (Lipinski definition) is 1. The first kappa shape index (κ1) is 12.0. The lowest BCUT2D eigenvalue weighted by atomic mass is 9.91. The van der Waals surface area contributed by atoms with Crippen LogP contribution in [0.1, 0.15) is 24.5 Å². The first-order valence-corrected chi connectivity index (χ1v) is 5.71. The minimum atomic E-state index is -2.02. The number of ether oxygens (including phenoxy) is 1. The van der Waals surface area contributed by atoms with Gasteiger partial charge in [-0.05, 0) is 30.9 Å². The van der Waals surface area contributed by atoms with Gasteiger partial charge in [0.05, 0.1) is 6.61 Å². The highest BCUT2D eigenvalue weighted by Gasteiger charge is 2.48. The Morgan fingerprint density at radius 3 is 3.00 bits per heavy atom. The van der Waals surface area contributed by atoms with Gasteiger partial charge in [0.25, 0.3) is 0 Å². The molecule has 0 bridgehead atoms. The Morgan fingerprint density at radius 2 is 2.29 bits per heavy atom. The minimum Gasteiger partial charge on any atom is -0.464 e. The van der Waals surface area contributed by atoms with E-state index in [1.165, 1.54) is 0 Å². The molecule has 0 saturated carbocycles. The van der Waals surface area contributed by atoms with E-state index in [9.17, 15) is 14.3 Å². The number of aryl methyl sites for hydroxylation is 1. The molecule has 1 aromatic carbocycles. The molecule has 4 heteroatoms. The van der Waals surface area contributed by atoms with Crippen molar-refractivity contribution >= 4 is 5.97 Å². The predicted molar refractivity (Wildman–Crippen MR) is 60.2 cm³/mol. The quantitative estimate of drug-likeness (QED) is 0.816. The predicted octanol–water partition coefficient (Wildman–Crippen LogP) is 1.72. The lowest BCUT2D eigenvalue weighted by Crippen LogP contribution is -2.41. The lowest BCUT2D eigenvalue weighted by molar-refractivity contribution is -0.161. The van der Waals surface area contributed by atoms with Crippen LogP contribution in [-0.2, 0) is 21.6 Å². The summed E-state index contributed by atoms with van der Waals surface area (Å²) in [6.45, 7) is 1.72. The van der Waals surface area contributed by atoms with Gasteiger partial charge in [-0.25, -0.2) is 9.18 Å². The molecule has 2 atom stereocenters. The van der Waals surface area contributed by atoms with Gasteiger partial charge in [-0.2, -0.15) is 0 Å². The Kier molecular flexibility index (Phi) is 3.15. The van der Waals surface area contributed by atoms with Crippen LogP contribution in [0.4, 0.5) is 4.39 Å². The van der Waals surface area contributed by atoms with Gasteiger partial charge in [-0.1, -0.05) is 24.3 Å². The standard InChI is InChI=1S/C13H15FO3/c1-2-17-12(15)11(14)13(16)8-7-9-5-3-4-6-10(9)13/h3-6,11,16H,2,7-8H2,1H3/t11?,13-/m0/s1. The van der Waals surface area contributed by atoms with E-state index in [2.05, 4.69) is 4.74 Å². The topological polar surface area (TPSA) is 46.5 Å². The zero-order valence-electron chi connectivity index (χ0n) is 9.65. The Balaban J connectivity index is 2.29. The van der Waals surface area contributed by atoms with Crippen molar-refractivity contribution in [3.05, 3.63) is 35.4 Å². The molecule has 3 nitrogen and oxygen atoms in total.